The molecule has 0 unspecified atom stereocenters. The number of carbonyl (C=O) groups is 1. The number of hydrogen-bond acceptors (Lipinski definition) is 5. The number of ether oxygens (including phenoxy) is 1. The Hall–Kier alpha value is -2.15. The van der Waals surface area contributed by atoms with Crippen molar-refractivity contribution in [3.63, 3.8) is 0 Å². The number of tetrazole rings is 1. The third-order valence-electron chi connectivity index (χ3n) is 2.94. The number of halogens is 1. The number of benzene rings is 1. The minimum Gasteiger partial charge on any atom is -0.492 e. The van der Waals surface area contributed by atoms with Crippen LogP contribution in [0, 0.1) is 5.92 Å². The molecule has 1 aromatic heterocycles. The van der Waals surface area contributed by atoms with Crippen molar-refractivity contribution in [2.75, 3.05) is 11.9 Å². The molecule has 8 heteroatoms. The second-order valence-electron chi connectivity index (χ2n) is 4.56. The molecule has 20 heavy (non-hydrogen) atoms. The lowest BCUT2D eigenvalue weighted by Crippen LogP contribution is -2.16. The molecule has 1 aliphatic carbocycles. The minimum absolute atomic E-state index is 0.0862. The number of nitrogens with zero attached hydrogens (tertiary/aromatic N) is 3. The van der Waals surface area contributed by atoms with Crippen molar-refractivity contribution < 1.29 is 9.53 Å². The summed E-state index contributed by atoms with van der Waals surface area (Å²) in [6.07, 6.45) is 2.34. The van der Waals surface area contributed by atoms with Crippen molar-refractivity contribution >= 4 is 23.5 Å². The highest BCUT2D eigenvalue weighted by Crippen LogP contribution is 2.32. The molecule has 2 aromatic rings. The van der Waals surface area contributed by atoms with Crippen LogP contribution in [0.2, 0.25) is 5.02 Å². The summed E-state index contributed by atoms with van der Waals surface area (Å²) < 4.78 is 5.67. The van der Waals surface area contributed by atoms with E-state index >= 15 is 0 Å². The van der Waals surface area contributed by atoms with E-state index < -0.39 is 5.91 Å². The average molecular weight is 294 g/mol. The van der Waals surface area contributed by atoms with E-state index in [0.717, 1.165) is 0 Å². The molecule has 1 fully saturated rings. The zero-order valence-corrected chi connectivity index (χ0v) is 11.2. The highest BCUT2D eigenvalue weighted by Gasteiger charge is 2.24. The molecule has 0 spiro atoms. The summed E-state index contributed by atoms with van der Waals surface area (Å²) in [6.45, 7) is 0.600. The number of rotatable bonds is 5. The van der Waals surface area contributed by atoms with Gasteiger partial charge in [0.2, 0.25) is 0 Å². The van der Waals surface area contributed by atoms with Crippen LogP contribution in [0.3, 0.4) is 0 Å². The van der Waals surface area contributed by atoms with Gasteiger partial charge in [-0.1, -0.05) is 22.8 Å². The Labute approximate surface area is 119 Å². The summed E-state index contributed by atoms with van der Waals surface area (Å²) in [5.41, 5.74) is 0.277. The number of H-pyrrole nitrogens is 1. The Morgan fingerprint density at radius 1 is 1.50 bits per heavy atom. The van der Waals surface area contributed by atoms with Gasteiger partial charge in [0.05, 0.1) is 11.6 Å². The molecule has 1 saturated carbocycles. The molecule has 1 amide bonds. The Balaban J connectivity index is 1.80. The number of aromatic amines is 1. The Bertz CT molecular complexity index is 612. The van der Waals surface area contributed by atoms with E-state index in [4.69, 9.17) is 16.3 Å². The maximum atomic E-state index is 12.2. The van der Waals surface area contributed by atoms with Crippen LogP contribution in [-0.2, 0) is 0 Å². The zero-order valence-electron chi connectivity index (χ0n) is 10.5. The zero-order chi connectivity index (χ0) is 13.9. The molecule has 0 radical (unpaired) electrons. The van der Waals surface area contributed by atoms with Crippen LogP contribution in [0.15, 0.2) is 18.2 Å². The van der Waals surface area contributed by atoms with Gasteiger partial charge in [0.15, 0.2) is 0 Å². The Kier molecular flexibility index (Phi) is 3.51. The van der Waals surface area contributed by atoms with Gasteiger partial charge in [0, 0.05) is 0 Å². The summed E-state index contributed by atoms with van der Waals surface area (Å²) in [7, 11) is 0. The highest BCUT2D eigenvalue weighted by atomic mass is 35.5. The number of hydrogen-bond donors (Lipinski definition) is 2. The maximum Gasteiger partial charge on any atom is 0.270 e. The van der Waals surface area contributed by atoms with Gasteiger partial charge in [-0.25, -0.2) is 0 Å². The van der Waals surface area contributed by atoms with Crippen LogP contribution in [0.5, 0.6) is 5.75 Å². The molecule has 7 nitrogen and oxygen atoms in total. The van der Waals surface area contributed by atoms with Crippen LogP contribution < -0.4 is 10.1 Å². The standard InChI is InChI=1S/C12H12ClN5O2/c13-8-2-1-3-9(20-6-7-4-5-7)10(8)11(19)14-12-15-17-18-16-12/h1-3,7H,4-6H2,(H2,14,15,16,17,18,19). The SMILES string of the molecule is O=C(Nc1nn[nH]n1)c1c(Cl)cccc1OCC1CC1. The van der Waals surface area contributed by atoms with Gasteiger partial charge in [0.1, 0.15) is 11.3 Å². The van der Waals surface area contributed by atoms with Crippen LogP contribution in [0.1, 0.15) is 23.2 Å². The van der Waals surface area contributed by atoms with Crippen molar-refractivity contribution in [3.8, 4) is 5.75 Å². The van der Waals surface area contributed by atoms with Crippen LogP contribution in [0.4, 0.5) is 5.95 Å². The lowest BCUT2D eigenvalue weighted by atomic mass is 10.2. The molecular weight excluding hydrogens is 282 g/mol. The Morgan fingerprint density at radius 3 is 3.05 bits per heavy atom. The van der Waals surface area contributed by atoms with Crippen molar-refractivity contribution in [1.82, 2.24) is 20.6 Å². The number of amides is 1. The van der Waals surface area contributed by atoms with Crippen LogP contribution in [0.25, 0.3) is 0 Å². The Morgan fingerprint density at radius 2 is 2.35 bits per heavy atom. The summed E-state index contributed by atoms with van der Waals surface area (Å²) >= 11 is 6.09. The first-order valence-corrected chi connectivity index (χ1v) is 6.58. The number of anilines is 1. The lowest BCUT2D eigenvalue weighted by Gasteiger charge is -2.11. The van der Waals surface area contributed by atoms with Crippen LogP contribution in [-0.4, -0.2) is 33.1 Å². The van der Waals surface area contributed by atoms with Gasteiger partial charge < -0.3 is 4.74 Å². The third-order valence-corrected chi connectivity index (χ3v) is 3.26. The summed E-state index contributed by atoms with van der Waals surface area (Å²) in [6, 6.07) is 5.10. The topological polar surface area (TPSA) is 92.8 Å². The highest BCUT2D eigenvalue weighted by molar-refractivity contribution is 6.34. The molecule has 0 aliphatic heterocycles. The molecular formula is C12H12ClN5O2. The average Bonchev–Trinajstić information content (AvgIpc) is 3.13. The second kappa shape index (κ2) is 5.46. The van der Waals surface area contributed by atoms with Crippen molar-refractivity contribution in [2.24, 2.45) is 5.92 Å². The van der Waals surface area contributed by atoms with Gasteiger partial charge >= 0.3 is 0 Å². The van der Waals surface area contributed by atoms with E-state index in [0.29, 0.717) is 23.3 Å². The number of carbonyl (C=O) groups excluding carboxylic acids is 1. The van der Waals surface area contributed by atoms with Gasteiger partial charge in [0.25, 0.3) is 11.9 Å². The summed E-state index contributed by atoms with van der Waals surface area (Å²) in [5, 5.41) is 15.8. The van der Waals surface area contributed by atoms with E-state index in [1.54, 1.807) is 18.2 Å². The fraction of sp³-hybridized carbons (Fsp3) is 0.333. The molecule has 3 rings (SSSR count). The first kappa shape index (κ1) is 12.9. The fourth-order valence-corrected chi connectivity index (χ4v) is 1.97. The molecule has 1 heterocycles. The predicted octanol–water partition coefficient (Wildman–Crippen LogP) is 1.89. The lowest BCUT2D eigenvalue weighted by molar-refractivity contribution is 0.102. The maximum absolute atomic E-state index is 12.2. The van der Waals surface area contributed by atoms with Gasteiger partial charge in [-0.3, -0.25) is 10.1 Å². The quantitative estimate of drug-likeness (QED) is 0.878. The van der Waals surface area contributed by atoms with E-state index in [9.17, 15) is 4.79 Å². The first-order valence-electron chi connectivity index (χ1n) is 6.20. The van der Waals surface area contributed by atoms with E-state index in [2.05, 4.69) is 25.9 Å². The molecule has 2 N–H and O–H groups in total. The van der Waals surface area contributed by atoms with E-state index in [-0.39, 0.29) is 11.5 Å². The fourth-order valence-electron chi connectivity index (χ4n) is 1.72. The predicted molar refractivity (Wildman–Crippen MR) is 71.8 cm³/mol. The first-order chi connectivity index (χ1) is 9.74. The van der Waals surface area contributed by atoms with Crippen molar-refractivity contribution in [2.45, 2.75) is 12.8 Å². The molecule has 0 bridgehead atoms. The van der Waals surface area contributed by atoms with Gasteiger partial charge in [-0.2, -0.15) is 5.21 Å². The summed E-state index contributed by atoms with van der Waals surface area (Å²) in [5.74, 6) is 0.707. The molecule has 0 saturated heterocycles. The van der Waals surface area contributed by atoms with Crippen molar-refractivity contribution in [3.05, 3.63) is 28.8 Å². The number of aromatic nitrogens is 4. The molecule has 1 aromatic carbocycles. The van der Waals surface area contributed by atoms with Crippen LogP contribution >= 0.6 is 11.6 Å². The van der Waals surface area contributed by atoms with Gasteiger partial charge in [-0.05, 0) is 36.1 Å². The normalized spacial score (nSPS) is 14.1. The number of nitrogens with one attached hydrogen (secondary N) is 2. The van der Waals surface area contributed by atoms with E-state index in [1.807, 2.05) is 0 Å². The molecule has 104 valence electrons. The monoisotopic (exact) mass is 293 g/mol. The summed E-state index contributed by atoms with van der Waals surface area (Å²) in [4.78, 5) is 12.2. The van der Waals surface area contributed by atoms with Gasteiger partial charge in [-0.15, -0.1) is 5.10 Å². The third kappa shape index (κ3) is 2.88. The smallest absolute Gasteiger partial charge is 0.270 e. The largest absolute Gasteiger partial charge is 0.492 e. The molecule has 0 atom stereocenters. The minimum atomic E-state index is -0.428. The van der Waals surface area contributed by atoms with Crippen molar-refractivity contribution in [1.29, 1.82) is 0 Å². The second-order valence-corrected chi connectivity index (χ2v) is 4.96. The van der Waals surface area contributed by atoms with E-state index in [1.165, 1.54) is 12.8 Å². The molecule has 1 aliphatic rings.